The molecule has 0 aliphatic carbocycles. The smallest absolute Gasteiger partial charge is 0.226 e. The summed E-state index contributed by atoms with van der Waals surface area (Å²) >= 11 is 0.865. The molecule has 0 saturated carbocycles. The molecule has 160 valence electrons. The molecule has 2 aromatic carbocycles. The predicted molar refractivity (Wildman–Crippen MR) is 120 cm³/mol. The number of rotatable bonds is 8. The summed E-state index contributed by atoms with van der Waals surface area (Å²) in [6.07, 6.45) is 0.422. The van der Waals surface area contributed by atoms with Gasteiger partial charge in [0.1, 0.15) is 5.00 Å². The molecule has 0 saturated heterocycles. The largest absolute Gasteiger partial charge is 0.368 e. The van der Waals surface area contributed by atoms with Gasteiger partial charge in [-0.05, 0) is 38.0 Å². The number of nitrogens with one attached hydrogen (secondary N) is 1. The molecule has 0 amide bonds. The molecule has 0 fully saturated rings. The van der Waals surface area contributed by atoms with E-state index >= 15 is 0 Å². The van der Waals surface area contributed by atoms with Crippen molar-refractivity contribution in [2.24, 2.45) is 0 Å². The second-order valence-corrected chi connectivity index (χ2v) is 12.2. The monoisotopic (exact) mass is 464 g/mol. The SMILES string of the molecule is CCCS(=O)(=O)c1nc(S(=O)(=O)c2ccc(C)cc2)c(N[C@@H](C)c2ccccc2)s1. The molecule has 1 N–H and O–H groups in total. The molecule has 3 rings (SSSR count). The number of thiazole rings is 1. The number of hydrogen-bond donors (Lipinski definition) is 1. The van der Waals surface area contributed by atoms with Crippen LogP contribution in [-0.4, -0.2) is 27.6 Å². The van der Waals surface area contributed by atoms with E-state index in [4.69, 9.17) is 0 Å². The molecule has 0 spiro atoms. The highest BCUT2D eigenvalue weighted by atomic mass is 32.2. The molecule has 0 aliphatic heterocycles. The highest BCUT2D eigenvalue weighted by Crippen LogP contribution is 2.37. The molecule has 3 aromatic rings. The van der Waals surface area contributed by atoms with E-state index in [0.29, 0.717) is 6.42 Å². The first-order valence-corrected chi connectivity index (χ1v) is 13.5. The summed E-state index contributed by atoms with van der Waals surface area (Å²) in [6, 6.07) is 15.7. The molecule has 6 nitrogen and oxygen atoms in total. The van der Waals surface area contributed by atoms with Gasteiger partial charge in [0.15, 0.2) is 5.03 Å². The highest BCUT2D eigenvalue weighted by Gasteiger charge is 2.31. The van der Waals surface area contributed by atoms with E-state index in [2.05, 4.69) is 10.3 Å². The average Bonchev–Trinajstić information content (AvgIpc) is 3.14. The zero-order valence-electron chi connectivity index (χ0n) is 17.0. The van der Waals surface area contributed by atoms with Gasteiger partial charge in [-0.25, -0.2) is 21.8 Å². The molecular formula is C21H24N2O4S3. The standard InChI is InChI=1S/C21H24N2O4S3/c1-4-14-29(24,25)21-23-20(30(26,27)18-12-10-15(2)11-13-18)19(28-21)22-16(3)17-8-6-5-7-9-17/h5-13,16,22H,4,14H2,1-3H3/t16-/m0/s1. The van der Waals surface area contributed by atoms with Gasteiger partial charge in [-0.3, -0.25) is 0 Å². The molecule has 0 radical (unpaired) electrons. The Labute approximate surface area is 181 Å². The Bertz CT molecular complexity index is 1220. The van der Waals surface area contributed by atoms with Gasteiger partial charge in [-0.15, -0.1) is 0 Å². The minimum atomic E-state index is -4.00. The number of nitrogens with zero attached hydrogens (tertiary/aromatic N) is 1. The van der Waals surface area contributed by atoms with Crippen LogP contribution >= 0.6 is 11.3 Å². The van der Waals surface area contributed by atoms with Crippen LogP contribution in [-0.2, 0) is 19.7 Å². The van der Waals surface area contributed by atoms with E-state index in [1.54, 1.807) is 19.1 Å². The number of aromatic nitrogens is 1. The quantitative estimate of drug-likeness (QED) is 0.522. The Morgan fingerprint density at radius 2 is 1.63 bits per heavy atom. The van der Waals surface area contributed by atoms with Gasteiger partial charge in [0.25, 0.3) is 0 Å². The third kappa shape index (κ3) is 4.74. The lowest BCUT2D eigenvalue weighted by molar-refractivity contribution is 0.589. The number of sulfone groups is 2. The topological polar surface area (TPSA) is 93.2 Å². The van der Waals surface area contributed by atoms with Crippen LogP contribution in [0.3, 0.4) is 0 Å². The first-order chi connectivity index (χ1) is 14.1. The summed E-state index contributed by atoms with van der Waals surface area (Å²) in [6.45, 7) is 5.51. The van der Waals surface area contributed by atoms with E-state index in [1.165, 1.54) is 12.1 Å². The van der Waals surface area contributed by atoms with E-state index in [1.807, 2.05) is 44.2 Å². The van der Waals surface area contributed by atoms with Crippen molar-refractivity contribution in [2.45, 2.75) is 47.5 Å². The van der Waals surface area contributed by atoms with Gasteiger partial charge >= 0.3 is 0 Å². The van der Waals surface area contributed by atoms with E-state index in [-0.39, 0.29) is 31.1 Å². The zero-order chi connectivity index (χ0) is 21.9. The van der Waals surface area contributed by atoms with Crippen LogP contribution in [0.5, 0.6) is 0 Å². The Morgan fingerprint density at radius 1 is 1.00 bits per heavy atom. The van der Waals surface area contributed by atoms with Crippen molar-refractivity contribution in [3.8, 4) is 0 Å². The molecule has 9 heteroatoms. The van der Waals surface area contributed by atoms with Gasteiger partial charge in [0.05, 0.1) is 10.6 Å². The lowest BCUT2D eigenvalue weighted by atomic mass is 10.1. The Hall–Kier alpha value is -2.23. The van der Waals surface area contributed by atoms with Crippen molar-refractivity contribution in [3.63, 3.8) is 0 Å². The molecule has 1 heterocycles. The molecule has 30 heavy (non-hydrogen) atoms. The number of hydrogen-bond acceptors (Lipinski definition) is 7. The summed E-state index contributed by atoms with van der Waals surface area (Å²) in [5.41, 5.74) is 1.87. The summed E-state index contributed by atoms with van der Waals surface area (Å²) in [4.78, 5) is 4.17. The first-order valence-electron chi connectivity index (χ1n) is 9.52. The van der Waals surface area contributed by atoms with Crippen molar-refractivity contribution in [1.82, 2.24) is 4.98 Å². The fraction of sp³-hybridized carbons (Fsp3) is 0.286. The van der Waals surface area contributed by atoms with Crippen LogP contribution < -0.4 is 5.32 Å². The van der Waals surface area contributed by atoms with Crippen LogP contribution in [0.2, 0.25) is 0 Å². The molecule has 1 aromatic heterocycles. The van der Waals surface area contributed by atoms with Crippen molar-refractivity contribution in [3.05, 3.63) is 65.7 Å². The third-order valence-electron chi connectivity index (χ3n) is 4.55. The minimum absolute atomic E-state index is 0.0771. The number of aryl methyl sites for hydroxylation is 1. The zero-order valence-corrected chi connectivity index (χ0v) is 19.4. The highest BCUT2D eigenvalue weighted by molar-refractivity contribution is 7.94. The van der Waals surface area contributed by atoms with Gasteiger partial charge < -0.3 is 5.32 Å². The van der Waals surface area contributed by atoms with E-state index in [0.717, 1.165) is 22.5 Å². The Balaban J connectivity index is 2.10. The Morgan fingerprint density at radius 3 is 2.23 bits per heavy atom. The van der Waals surface area contributed by atoms with E-state index in [9.17, 15) is 16.8 Å². The minimum Gasteiger partial charge on any atom is -0.368 e. The van der Waals surface area contributed by atoms with Crippen LogP contribution in [0, 0.1) is 6.92 Å². The summed E-state index contributed by atoms with van der Waals surface area (Å²) < 4.78 is 51.6. The third-order valence-corrected chi connectivity index (χ3v) is 9.74. The molecule has 1 atom stereocenters. The fourth-order valence-electron chi connectivity index (χ4n) is 2.90. The second-order valence-electron chi connectivity index (χ2n) is 7.03. The first kappa shape index (κ1) is 22.5. The van der Waals surface area contributed by atoms with Crippen molar-refractivity contribution in [1.29, 1.82) is 0 Å². The average molecular weight is 465 g/mol. The summed E-state index contributed by atoms with van der Waals surface area (Å²) in [5.74, 6) is -0.0851. The van der Waals surface area contributed by atoms with Crippen LogP contribution in [0.15, 0.2) is 68.9 Å². The van der Waals surface area contributed by atoms with Gasteiger partial charge in [-0.2, -0.15) is 0 Å². The predicted octanol–water partition coefficient (Wildman–Crippen LogP) is 4.64. The Kier molecular flexibility index (Phi) is 6.64. The van der Waals surface area contributed by atoms with Crippen LogP contribution in [0.1, 0.15) is 37.4 Å². The molecular weight excluding hydrogens is 440 g/mol. The van der Waals surface area contributed by atoms with Crippen LogP contribution in [0.25, 0.3) is 0 Å². The number of anilines is 1. The van der Waals surface area contributed by atoms with Gasteiger partial charge in [0.2, 0.25) is 24.0 Å². The molecule has 0 unspecified atom stereocenters. The normalized spacial score (nSPS) is 13.2. The molecule has 0 aliphatic rings. The van der Waals surface area contributed by atoms with Crippen LogP contribution in [0.4, 0.5) is 5.00 Å². The summed E-state index contributed by atoms with van der Waals surface area (Å²) in [5, 5.41) is 3.13. The fourth-order valence-corrected chi connectivity index (χ4v) is 7.33. The van der Waals surface area contributed by atoms with Gasteiger partial charge in [0, 0.05) is 6.04 Å². The van der Waals surface area contributed by atoms with Crippen molar-refractivity contribution >= 4 is 36.0 Å². The summed E-state index contributed by atoms with van der Waals surface area (Å²) in [7, 11) is -7.65. The number of benzene rings is 2. The molecule has 0 bridgehead atoms. The van der Waals surface area contributed by atoms with Crippen molar-refractivity contribution in [2.75, 3.05) is 11.1 Å². The maximum Gasteiger partial charge on any atom is 0.226 e. The van der Waals surface area contributed by atoms with Gasteiger partial charge in [-0.1, -0.05) is 66.3 Å². The van der Waals surface area contributed by atoms with Crippen molar-refractivity contribution < 1.29 is 16.8 Å². The lowest BCUT2D eigenvalue weighted by Gasteiger charge is -2.15. The second kappa shape index (κ2) is 8.87. The van der Waals surface area contributed by atoms with E-state index < -0.39 is 19.7 Å². The maximum absolute atomic E-state index is 13.3. The lowest BCUT2D eigenvalue weighted by Crippen LogP contribution is -2.10. The maximum atomic E-state index is 13.3.